The second-order valence-corrected chi connectivity index (χ2v) is 2.76. The molecule has 0 radical (unpaired) electrons. The molecule has 0 saturated carbocycles. The summed E-state index contributed by atoms with van der Waals surface area (Å²) in [5.74, 6) is -0.0484. The van der Waals surface area contributed by atoms with E-state index < -0.39 is 0 Å². The van der Waals surface area contributed by atoms with Gasteiger partial charge in [-0.2, -0.15) is 10.5 Å². The molecule has 0 saturated heterocycles. The molecule has 0 fully saturated rings. The number of benzene rings is 1. The third-order valence-electron chi connectivity index (χ3n) is 1.72. The molecule has 1 rings (SSSR count). The summed E-state index contributed by atoms with van der Waals surface area (Å²) in [7, 11) is 0. The molecule has 1 aromatic carbocycles. The lowest BCUT2D eigenvalue weighted by Gasteiger charge is -2.03. The van der Waals surface area contributed by atoms with Gasteiger partial charge in [0.2, 0.25) is 0 Å². The lowest BCUT2D eigenvalue weighted by Crippen LogP contribution is -1.90. The summed E-state index contributed by atoms with van der Waals surface area (Å²) in [4.78, 5) is 0. The number of phenolic OH excluding ortho intramolecular Hbond substituents is 1. The van der Waals surface area contributed by atoms with E-state index in [-0.39, 0.29) is 17.7 Å². The van der Waals surface area contributed by atoms with E-state index in [4.69, 9.17) is 10.5 Å². The van der Waals surface area contributed by atoms with E-state index in [1.54, 1.807) is 6.07 Å². The number of hydrogen-bond donors (Lipinski definition) is 1. The molecule has 13 heavy (non-hydrogen) atoms. The minimum absolute atomic E-state index is 0.0484. The Kier molecular flexibility index (Phi) is 2.52. The Morgan fingerprint density at radius 3 is 2.62 bits per heavy atom. The fourth-order valence-electron chi connectivity index (χ4n) is 1.19. The van der Waals surface area contributed by atoms with E-state index in [9.17, 15) is 5.11 Å². The molecule has 3 heteroatoms. The predicted molar refractivity (Wildman–Crippen MR) is 46.9 cm³/mol. The largest absolute Gasteiger partial charge is 0.507 e. The van der Waals surface area contributed by atoms with Gasteiger partial charge in [0.05, 0.1) is 18.1 Å². The summed E-state index contributed by atoms with van der Waals surface area (Å²) in [6.07, 6.45) is 0.151. The third kappa shape index (κ3) is 1.77. The first kappa shape index (κ1) is 9.09. The van der Waals surface area contributed by atoms with Crippen LogP contribution in [0.1, 0.15) is 16.7 Å². The summed E-state index contributed by atoms with van der Waals surface area (Å²) < 4.78 is 0. The van der Waals surface area contributed by atoms with E-state index >= 15 is 0 Å². The zero-order valence-corrected chi connectivity index (χ0v) is 7.20. The van der Waals surface area contributed by atoms with E-state index in [1.807, 2.05) is 19.1 Å². The molecule has 0 spiro atoms. The van der Waals surface area contributed by atoms with Crippen molar-refractivity contribution >= 4 is 0 Å². The monoisotopic (exact) mass is 172 g/mol. The molecule has 0 aliphatic rings. The maximum absolute atomic E-state index is 9.37. The Balaban J connectivity index is 3.33. The van der Waals surface area contributed by atoms with Crippen molar-refractivity contribution in [3.8, 4) is 17.9 Å². The van der Waals surface area contributed by atoms with Crippen LogP contribution in [0.4, 0.5) is 0 Å². The van der Waals surface area contributed by atoms with Gasteiger partial charge in [-0.15, -0.1) is 0 Å². The van der Waals surface area contributed by atoms with Gasteiger partial charge in [0.1, 0.15) is 11.8 Å². The zero-order chi connectivity index (χ0) is 9.84. The molecule has 1 aromatic rings. The Morgan fingerprint density at radius 2 is 2.08 bits per heavy atom. The number of aromatic hydroxyl groups is 1. The van der Waals surface area contributed by atoms with Crippen molar-refractivity contribution in [3.05, 3.63) is 28.8 Å². The highest BCUT2D eigenvalue weighted by atomic mass is 16.3. The predicted octanol–water partition coefficient (Wildman–Crippen LogP) is 1.64. The molecule has 0 bridgehead atoms. The van der Waals surface area contributed by atoms with Crippen LogP contribution in [0.15, 0.2) is 12.1 Å². The quantitative estimate of drug-likeness (QED) is 0.700. The highest BCUT2D eigenvalue weighted by Gasteiger charge is 2.07. The number of aryl methyl sites for hydroxylation is 1. The summed E-state index contributed by atoms with van der Waals surface area (Å²) in [6.45, 7) is 1.81. The highest BCUT2D eigenvalue weighted by Crippen LogP contribution is 2.22. The Morgan fingerprint density at radius 1 is 1.38 bits per heavy atom. The smallest absolute Gasteiger partial charge is 0.133 e. The van der Waals surface area contributed by atoms with Gasteiger partial charge in [-0.25, -0.2) is 0 Å². The lowest BCUT2D eigenvalue weighted by molar-refractivity contribution is 0.472. The van der Waals surface area contributed by atoms with E-state index in [2.05, 4.69) is 0 Å². The Hall–Kier alpha value is -2.00. The van der Waals surface area contributed by atoms with Gasteiger partial charge in [-0.3, -0.25) is 0 Å². The Bertz CT molecular complexity index is 410. The lowest BCUT2D eigenvalue weighted by atomic mass is 10.0. The van der Waals surface area contributed by atoms with Crippen molar-refractivity contribution < 1.29 is 5.11 Å². The number of phenols is 1. The summed E-state index contributed by atoms with van der Waals surface area (Å²) in [5.41, 5.74) is 1.64. The molecule has 3 nitrogen and oxygen atoms in total. The number of rotatable bonds is 1. The van der Waals surface area contributed by atoms with Crippen LogP contribution in [0.25, 0.3) is 0 Å². The summed E-state index contributed by atoms with van der Waals surface area (Å²) >= 11 is 0. The standard InChI is InChI=1S/C10H8N2O/c1-7-4-8(2-3-11)9(6-12)10(13)5-7/h4-5,13H,2H2,1H3. The third-order valence-corrected chi connectivity index (χ3v) is 1.72. The maximum Gasteiger partial charge on any atom is 0.133 e. The fraction of sp³-hybridized carbons (Fsp3) is 0.200. The van der Waals surface area contributed by atoms with Crippen LogP contribution in [0, 0.1) is 29.6 Å². The highest BCUT2D eigenvalue weighted by molar-refractivity contribution is 5.50. The first-order chi connectivity index (χ1) is 6.19. The van der Waals surface area contributed by atoms with Crippen LogP contribution >= 0.6 is 0 Å². The molecule has 0 aliphatic carbocycles. The minimum atomic E-state index is -0.0484. The molecule has 0 atom stereocenters. The number of hydrogen-bond acceptors (Lipinski definition) is 3. The normalized spacial score (nSPS) is 8.85. The fourth-order valence-corrected chi connectivity index (χ4v) is 1.19. The van der Waals surface area contributed by atoms with Crippen molar-refractivity contribution in [3.63, 3.8) is 0 Å². The molecule has 0 unspecified atom stereocenters. The Labute approximate surface area is 76.5 Å². The van der Waals surface area contributed by atoms with Crippen molar-refractivity contribution in [2.75, 3.05) is 0 Å². The SMILES string of the molecule is Cc1cc(O)c(C#N)c(CC#N)c1. The first-order valence-electron chi connectivity index (χ1n) is 3.78. The van der Waals surface area contributed by atoms with Gasteiger partial charge >= 0.3 is 0 Å². The van der Waals surface area contributed by atoms with Crippen LogP contribution in [0.2, 0.25) is 0 Å². The summed E-state index contributed by atoms with van der Waals surface area (Å²) in [6, 6.07) is 7.08. The van der Waals surface area contributed by atoms with Crippen molar-refractivity contribution in [1.82, 2.24) is 0 Å². The van der Waals surface area contributed by atoms with Gasteiger partial charge < -0.3 is 5.11 Å². The van der Waals surface area contributed by atoms with Gasteiger partial charge in [0, 0.05) is 0 Å². The van der Waals surface area contributed by atoms with Gasteiger partial charge in [0.15, 0.2) is 0 Å². The van der Waals surface area contributed by atoms with Crippen molar-refractivity contribution in [2.45, 2.75) is 13.3 Å². The summed E-state index contributed by atoms with van der Waals surface area (Å²) in [5, 5.41) is 26.5. The molecule has 0 aliphatic heterocycles. The molecule has 0 aromatic heterocycles. The number of nitriles is 2. The van der Waals surface area contributed by atoms with Crippen molar-refractivity contribution in [1.29, 1.82) is 10.5 Å². The van der Waals surface area contributed by atoms with Crippen LogP contribution < -0.4 is 0 Å². The molecule has 0 amide bonds. The van der Waals surface area contributed by atoms with E-state index in [1.165, 1.54) is 6.07 Å². The van der Waals surface area contributed by atoms with Gasteiger partial charge in [-0.05, 0) is 24.1 Å². The average molecular weight is 172 g/mol. The van der Waals surface area contributed by atoms with Gasteiger partial charge in [-0.1, -0.05) is 6.07 Å². The molecule has 0 heterocycles. The van der Waals surface area contributed by atoms with Crippen LogP contribution in [-0.2, 0) is 6.42 Å². The second kappa shape index (κ2) is 3.60. The molecule has 64 valence electrons. The van der Waals surface area contributed by atoms with Gasteiger partial charge in [0.25, 0.3) is 0 Å². The molecular formula is C10H8N2O. The molecular weight excluding hydrogens is 164 g/mol. The molecule has 1 N–H and O–H groups in total. The minimum Gasteiger partial charge on any atom is -0.507 e. The number of nitrogens with zero attached hydrogens (tertiary/aromatic N) is 2. The van der Waals surface area contributed by atoms with Crippen LogP contribution in [-0.4, -0.2) is 5.11 Å². The average Bonchev–Trinajstić information content (AvgIpc) is 2.04. The second-order valence-electron chi connectivity index (χ2n) is 2.76. The van der Waals surface area contributed by atoms with Crippen molar-refractivity contribution in [2.24, 2.45) is 0 Å². The topological polar surface area (TPSA) is 67.8 Å². The van der Waals surface area contributed by atoms with Crippen LogP contribution in [0.3, 0.4) is 0 Å². The van der Waals surface area contributed by atoms with Crippen LogP contribution in [0.5, 0.6) is 5.75 Å². The zero-order valence-electron chi connectivity index (χ0n) is 7.20. The van der Waals surface area contributed by atoms with E-state index in [0.717, 1.165) is 5.56 Å². The van der Waals surface area contributed by atoms with E-state index in [0.29, 0.717) is 5.56 Å². The first-order valence-corrected chi connectivity index (χ1v) is 3.78. The maximum atomic E-state index is 9.37.